The molecular weight excluding hydrogens is 435 g/mol. The van der Waals surface area contributed by atoms with Gasteiger partial charge in [-0.3, -0.25) is 14.8 Å². The molecule has 2 N–H and O–H groups in total. The minimum Gasteiger partial charge on any atom is -0.467 e. The lowest BCUT2D eigenvalue weighted by molar-refractivity contribution is 0.0724. The lowest BCUT2D eigenvalue weighted by Gasteiger charge is -2.22. The maximum Gasteiger partial charge on any atom is 0.257 e. The number of aromatic nitrogens is 2. The van der Waals surface area contributed by atoms with E-state index in [9.17, 15) is 4.79 Å². The fourth-order valence-electron chi connectivity index (χ4n) is 2.75. The molecule has 0 aliphatic rings. The number of amides is 1. The van der Waals surface area contributed by atoms with Gasteiger partial charge >= 0.3 is 0 Å². The predicted molar refractivity (Wildman–Crippen MR) is 120 cm³/mol. The Morgan fingerprint density at radius 2 is 1.48 bits per heavy atom. The second-order valence-corrected chi connectivity index (χ2v) is 6.21. The third-order valence-corrected chi connectivity index (χ3v) is 3.99. The SMILES string of the molecule is Cc1cccc(CN(Cc2cccc(C)n2)C(=O)c2coc(CN)c2)n1.Cl.Cl.Cl. The van der Waals surface area contributed by atoms with Crippen LogP contribution in [-0.4, -0.2) is 20.8 Å². The summed E-state index contributed by atoms with van der Waals surface area (Å²) in [4.78, 5) is 23.8. The number of pyridine rings is 2. The van der Waals surface area contributed by atoms with Gasteiger partial charge in [-0.05, 0) is 44.2 Å². The van der Waals surface area contributed by atoms with E-state index >= 15 is 0 Å². The second-order valence-electron chi connectivity index (χ2n) is 6.21. The van der Waals surface area contributed by atoms with Crippen LogP contribution in [0.15, 0.2) is 53.1 Å². The molecule has 3 aromatic rings. The summed E-state index contributed by atoms with van der Waals surface area (Å²) in [5, 5.41) is 0. The van der Waals surface area contributed by atoms with E-state index in [-0.39, 0.29) is 49.7 Å². The molecular formula is C20H25Cl3N4O2. The monoisotopic (exact) mass is 458 g/mol. The molecule has 158 valence electrons. The summed E-state index contributed by atoms with van der Waals surface area (Å²) in [6, 6.07) is 13.3. The summed E-state index contributed by atoms with van der Waals surface area (Å²) in [5.74, 6) is 0.440. The molecule has 0 aliphatic heterocycles. The number of halogens is 3. The fourth-order valence-corrected chi connectivity index (χ4v) is 2.75. The van der Waals surface area contributed by atoms with Crippen molar-refractivity contribution >= 4 is 43.1 Å². The topological polar surface area (TPSA) is 85.2 Å². The van der Waals surface area contributed by atoms with Crippen molar-refractivity contribution < 1.29 is 9.21 Å². The van der Waals surface area contributed by atoms with Crippen LogP contribution in [0.5, 0.6) is 0 Å². The number of hydrogen-bond donors (Lipinski definition) is 1. The largest absolute Gasteiger partial charge is 0.467 e. The molecule has 0 atom stereocenters. The summed E-state index contributed by atoms with van der Waals surface area (Å²) in [6.07, 6.45) is 1.45. The maximum absolute atomic E-state index is 13.0. The van der Waals surface area contributed by atoms with Crippen LogP contribution in [0.1, 0.15) is 38.9 Å². The van der Waals surface area contributed by atoms with Gasteiger partial charge in [0.2, 0.25) is 0 Å². The average molecular weight is 460 g/mol. The number of furan rings is 1. The molecule has 0 fully saturated rings. The Labute approximate surface area is 189 Å². The molecule has 0 saturated carbocycles. The number of rotatable bonds is 6. The van der Waals surface area contributed by atoms with Gasteiger partial charge in [0.1, 0.15) is 12.0 Å². The highest BCUT2D eigenvalue weighted by atomic mass is 35.5. The van der Waals surface area contributed by atoms with E-state index in [1.807, 2.05) is 50.2 Å². The molecule has 9 heteroatoms. The number of aryl methyl sites for hydroxylation is 2. The van der Waals surface area contributed by atoms with Gasteiger partial charge in [-0.15, -0.1) is 37.2 Å². The van der Waals surface area contributed by atoms with Crippen molar-refractivity contribution in [2.24, 2.45) is 5.73 Å². The predicted octanol–water partition coefficient (Wildman–Crippen LogP) is 4.25. The average Bonchev–Trinajstić information content (AvgIpc) is 3.10. The lowest BCUT2D eigenvalue weighted by Crippen LogP contribution is -2.30. The van der Waals surface area contributed by atoms with Crippen LogP contribution in [-0.2, 0) is 19.6 Å². The van der Waals surface area contributed by atoms with Crippen LogP contribution in [0.4, 0.5) is 0 Å². The smallest absolute Gasteiger partial charge is 0.257 e. The first kappa shape index (κ1) is 26.9. The van der Waals surface area contributed by atoms with Crippen molar-refractivity contribution in [2.75, 3.05) is 0 Å². The lowest BCUT2D eigenvalue weighted by atomic mass is 10.2. The molecule has 3 aromatic heterocycles. The Bertz CT molecular complexity index is 871. The van der Waals surface area contributed by atoms with E-state index in [4.69, 9.17) is 10.2 Å². The molecule has 0 bridgehead atoms. The van der Waals surface area contributed by atoms with Gasteiger partial charge in [-0.25, -0.2) is 0 Å². The standard InChI is InChI=1S/C20H22N4O2.3ClH/c1-14-5-3-7-17(22-14)11-24(12-18-8-4-6-15(2)23-18)20(25)16-9-19(10-21)26-13-16;;;/h3-9,13H,10-12,21H2,1-2H3;3*1H. The van der Waals surface area contributed by atoms with Gasteiger partial charge in [0.15, 0.2) is 0 Å². The molecule has 0 spiro atoms. The number of carbonyl (C=O) groups is 1. The molecule has 6 nitrogen and oxygen atoms in total. The van der Waals surface area contributed by atoms with Crippen molar-refractivity contribution in [1.29, 1.82) is 0 Å². The number of carbonyl (C=O) groups excluding carboxylic acids is 1. The zero-order valence-electron chi connectivity index (χ0n) is 16.2. The Kier molecular flexibility index (Phi) is 11.5. The van der Waals surface area contributed by atoms with Crippen LogP contribution in [0.2, 0.25) is 0 Å². The highest BCUT2D eigenvalue weighted by Crippen LogP contribution is 2.15. The van der Waals surface area contributed by atoms with Crippen molar-refractivity contribution in [3.8, 4) is 0 Å². The molecule has 3 rings (SSSR count). The molecule has 0 saturated heterocycles. The summed E-state index contributed by atoms with van der Waals surface area (Å²) in [6.45, 7) is 4.90. The molecule has 29 heavy (non-hydrogen) atoms. The molecule has 0 aromatic carbocycles. The van der Waals surface area contributed by atoms with Crippen LogP contribution in [0.25, 0.3) is 0 Å². The quantitative estimate of drug-likeness (QED) is 0.595. The van der Waals surface area contributed by atoms with Gasteiger partial charge < -0.3 is 15.1 Å². The van der Waals surface area contributed by atoms with Gasteiger partial charge in [0, 0.05) is 11.4 Å². The molecule has 0 unspecified atom stereocenters. The maximum atomic E-state index is 13.0. The fraction of sp³-hybridized carbons (Fsp3) is 0.250. The zero-order valence-corrected chi connectivity index (χ0v) is 18.6. The zero-order chi connectivity index (χ0) is 18.5. The van der Waals surface area contributed by atoms with E-state index in [0.717, 1.165) is 22.8 Å². The molecule has 1 amide bonds. The second kappa shape index (κ2) is 12.4. The summed E-state index contributed by atoms with van der Waals surface area (Å²) in [7, 11) is 0. The molecule has 3 heterocycles. The van der Waals surface area contributed by atoms with Gasteiger partial charge in [-0.1, -0.05) is 12.1 Å². The Morgan fingerprint density at radius 3 is 1.90 bits per heavy atom. The van der Waals surface area contributed by atoms with Crippen LogP contribution >= 0.6 is 37.2 Å². The van der Waals surface area contributed by atoms with Crippen molar-refractivity contribution in [1.82, 2.24) is 14.9 Å². The van der Waals surface area contributed by atoms with Crippen molar-refractivity contribution in [3.05, 3.63) is 82.8 Å². The first-order chi connectivity index (χ1) is 12.5. The first-order valence-electron chi connectivity index (χ1n) is 8.47. The highest BCUT2D eigenvalue weighted by Gasteiger charge is 2.20. The van der Waals surface area contributed by atoms with Gasteiger partial charge in [0.05, 0.1) is 36.6 Å². The Balaban J connectivity index is 0.00000261. The summed E-state index contributed by atoms with van der Waals surface area (Å²) in [5.41, 5.74) is 9.54. The first-order valence-corrected chi connectivity index (χ1v) is 8.47. The van der Waals surface area contributed by atoms with Gasteiger partial charge in [-0.2, -0.15) is 0 Å². The van der Waals surface area contributed by atoms with E-state index in [0.29, 0.717) is 24.4 Å². The minimum atomic E-state index is -0.139. The minimum absolute atomic E-state index is 0. The molecule has 0 radical (unpaired) electrons. The highest BCUT2D eigenvalue weighted by molar-refractivity contribution is 5.94. The van der Waals surface area contributed by atoms with Crippen LogP contribution < -0.4 is 5.73 Å². The number of hydrogen-bond acceptors (Lipinski definition) is 5. The third kappa shape index (κ3) is 7.33. The number of nitrogens with zero attached hydrogens (tertiary/aromatic N) is 3. The summed E-state index contributed by atoms with van der Waals surface area (Å²) >= 11 is 0. The van der Waals surface area contributed by atoms with Gasteiger partial charge in [0.25, 0.3) is 5.91 Å². The Hall–Kier alpha value is -2.12. The van der Waals surface area contributed by atoms with E-state index in [2.05, 4.69) is 9.97 Å². The normalized spacial score (nSPS) is 9.62. The molecule has 0 aliphatic carbocycles. The summed E-state index contributed by atoms with van der Waals surface area (Å²) < 4.78 is 5.32. The Morgan fingerprint density at radius 1 is 0.966 bits per heavy atom. The van der Waals surface area contributed by atoms with E-state index < -0.39 is 0 Å². The van der Waals surface area contributed by atoms with Crippen molar-refractivity contribution in [3.63, 3.8) is 0 Å². The van der Waals surface area contributed by atoms with Crippen molar-refractivity contribution in [2.45, 2.75) is 33.5 Å². The van der Waals surface area contributed by atoms with E-state index in [1.165, 1.54) is 6.26 Å². The van der Waals surface area contributed by atoms with Crippen LogP contribution in [0, 0.1) is 13.8 Å². The third-order valence-electron chi connectivity index (χ3n) is 3.99. The van der Waals surface area contributed by atoms with E-state index in [1.54, 1.807) is 11.0 Å². The van der Waals surface area contributed by atoms with Crippen LogP contribution in [0.3, 0.4) is 0 Å². The number of nitrogens with two attached hydrogens (primary N) is 1.